The first-order valence-electron chi connectivity index (χ1n) is 5.94. The van der Waals surface area contributed by atoms with E-state index in [0.29, 0.717) is 12.1 Å². The number of alkyl halides is 3. The largest absolute Gasteiger partial charge is 0.433 e. The molecule has 0 atom stereocenters. The molecule has 0 aliphatic rings. The Morgan fingerprint density at radius 2 is 2.05 bits per heavy atom. The zero-order valence-electron chi connectivity index (χ0n) is 11.0. The van der Waals surface area contributed by atoms with Crippen LogP contribution in [-0.4, -0.2) is 9.97 Å². The van der Waals surface area contributed by atoms with Gasteiger partial charge in [0, 0.05) is 9.75 Å². The fraction of sp³-hybridized carbons (Fsp3) is 0.231. The molecule has 0 radical (unpaired) electrons. The average Bonchev–Trinajstić information content (AvgIpc) is 2.80. The Bertz CT molecular complexity index is 665. The van der Waals surface area contributed by atoms with Crippen molar-refractivity contribution in [3.05, 3.63) is 45.3 Å². The van der Waals surface area contributed by atoms with Gasteiger partial charge in [0.1, 0.15) is 16.5 Å². The van der Waals surface area contributed by atoms with Crippen molar-refractivity contribution in [1.29, 1.82) is 0 Å². The van der Waals surface area contributed by atoms with Crippen LogP contribution >= 0.6 is 23.6 Å². The molecular formula is C13H12F3N3S2. The topological polar surface area (TPSA) is 50.9 Å². The van der Waals surface area contributed by atoms with E-state index in [1.54, 1.807) is 11.3 Å². The highest BCUT2D eigenvalue weighted by molar-refractivity contribution is 7.80. The Kier molecular flexibility index (Phi) is 4.48. The van der Waals surface area contributed by atoms with E-state index < -0.39 is 11.9 Å². The summed E-state index contributed by atoms with van der Waals surface area (Å²) >= 11 is 6.39. The molecule has 0 aliphatic carbocycles. The molecule has 0 amide bonds. The summed E-state index contributed by atoms with van der Waals surface area (Å²) in [6.07, 6.45) is -4.51. The van der Waals surface area contributed by atoms with Crippen LogP contribution in [-0.2, 0) is 12.7 Å². The number of nitrogens with one attached hydrogen (secondary N) is 1. The summed E-state index contributed by atoms with van der Waals surface area (Å²) in [4.78, 5) is 5.70. The minimum Gasteiger partial charge on any atom is -0.389 e. The van der Waals surface area contributed by atoms with Crippen molar-refractivity contribution in [3.8, 4) is 0 Å². The zero-order valence-corrected chi connectivity index (χ0v) is 12.6. The van der Waals surface area contributed by atoms with E-state index in [2.05, 4.69) is 10.3 Å². The van der Waals surface area contributed by atoms with Crippen LogP contribution < -0.4 is 11.1 Å². The monoisotopic (exact) mass is 331 g/mol. The quantitative estimate of drug-likeness (QED) is 0.839. The number of halogens is 3. The first kappa shape index (κ1) is 15.7. The summed E-state index contributed by atoms with van der Waals surface area (Å²) in [6.45, 7) is 2.32. The van der Waals surface area contributed by atoms with Crippen LogP contribution in [0.3, 0.4) is 0 Å². The number of hydrogen-bond acceptors (Lipinski definition) is 4. The molecule has 0 aliphatic heterocycles. The van der Waals surface area contributed by atoms with Gasteiger partial charge < -0.3 is 11.1 Å². The van der Waals surface area contributed by atoms with Crippen molar-refractivity contribution in [2.45, 2.75) is 19.6 Å². The molecule has 0 unspecified atom stereocenters. The number of aryl methyl sites for hydroxylation is 1. The molecule has 0 fully saturated rings. The van der Waals surface area contributed by atoms with Gasteiger partial charge in [-0.1, -0.05) is 12.2 Å². The Labute approximate surface area is 129 Å². The normalized spacial score (nSPS) is 11.4. The third kappa shape index (κ3) is 3.92. The predicted molar refractivity (Wildman–Crippen MR) is 81.5 cm³/mol. The smallest absolute Gasteiger partial charge is 0.389 e. The maximum Gasteiger partial charge on any atom is 0.433 e. The van der Waals surface area contributed by atoms with Crippen molar-refractivity contribution in [1.82, 2.24) is 4.98 Å². The maximum atomic E-state index is 12.7. The Morgan fingerprint density at radius 1 is 1.33 bits per heavy atom. The molecule has 2 heterocycles. The number of anilines is 1. The van der Waals surface area contributed by atoms with E-state index in [1.165, 1.54) is 6.07 Å². The second-order valence-electron chi connectivity index (χ2n) is 4.32. The van der Waals surface area contributed by atoms with Crippen molar-refractivity contribution >= 4 is 34.4 Å². The molecule has 3 N–H and O–H groups in total. The van der Waals surface area contributed by atoms with Gasteiger partial charge in [-0.05, 0) is 31.2 Å². The number of hydrogen-bond donors (Lipinski definition) is 2. The highest BCUT2D eigenvalue weighted by atomic mass is 32.1. The lowest BCUT2D eigenvalue weighted by Crippen LogP contribution is -2.17. The third-order valence-corrected chi connectivity index (χ3v) is 3.90. The van der Waals surface area contributed by atoms with E-state index in [4.69, 9.17) is 18.0 Å². The summed E-state index contributed by atoms with van der Waals surface area (Å²) in [6, 6.07) is 5.95. The first-order chi connectivity index (χ1) is 9.77. The summed E-state index contributed by atoms with van der Waals surface area (Å²) in [5, 5.41) is 2.87. The molecule has 0 aromatic carbocycles. The summed E-state index contributed by atoms with van der Waals surface area (Å²) in [7, 11) is 0. The van der Waals surface area contributed by atoms with E-state index in [9.17, 15) is 13.2 Å². The van der Waals surface area contributed by atoms with Crippen molar-refractivity contribution in [2.24, 2.45) is 5.73 Å². The maximum absolute atomic E-state index is 12.7. The minimum absolute atomic E-state index is 0.00100. The van der Waals surface area contributed by atoms with E-state index >= 15 is 0 Å². The molecule has 112 valence electrons. The summed E-state index contributed by atoms with van der Waals surface area (Å²) < 4.78 is 38.1. The number of aromatic nitrogens is 1. The van der Waals surface area contributed by atoms with Crippen LogP contribution in [0.4, 0.5) is 19.0 Å². The number of nitrogens with zero attached hydrogens (tertiary/aromatic N) is 1. The molecule has 3 nitrogen and oxygen atoms in total. The summed E-state index contributed by atoms with van der Waals surface area (Å²) in [5.74, 6) is 0.0448. The van der Waals surface area contributed by atoms with Gasteiger partial charge in [-0.3, -0.25) is 0 Å². The Balaban J connectivity index is 2.28. The lowest BCUT2D eigenvalue weighted by atomic mass is 10.2. The predicted octanol–water partition coefficient (Wildman–Crippen LogP) is 3.72. The van der Waals surface area contributed by atoms with Crippen LogP contribution in [0.5, 0.6) is 0 Å². The molecular weight excluding hydrogens is 319 g/mol. The fourth-order valence-corrected chi connectivity index (χ4v) is 2.70. The lowest BCUT2D eigenvalue weighted by Gasteiger charge is -2.13. The van der Waals surface area contributed by atoms with Gasteiger partial charge in [0.25, 0.3) is 0 Å². The van der Waals surface area contributed by atoms with Gasteiger partial charge in [0.2, 0.25) is 0 Å². The van der Waals surface area contributed by atoms with Crippen LogP contribution in [0.1, 0.15) is 21.0 Å². The fourth-order valence-electron chi connectivity index (χ4n) is 1.70. The number of pyridine rings is 1. The van der Waals surface area contributed by atoms with Crippen molar-refractivity contribution < 1.29 is 13.2 Å². The van der Waals surface area contributed by atoms with Crippen LogP contribution in [0.2, 0.25) is 0 Å². The minimum atomic E-state index is -4.51. The van der Waals surface area contributed by atoms with Gasteiger partial charge in [0.15, 0.2) is 0 Å². The molecule has 2 aromatic heterocycles. The van der Waals surface area contributed by atoms with E-state index in [-0.39, 0.29) is 10.8 Å². The molecule has 2 aromatic rings. The standard InChI is InChI=1S/C13H12F3N3S2/c1-7-2-3-8(21-7)6-18-12-9(11(17)20)4-5-10(19-12)13(14,15)16/h2-5H,6H2,1H3,(H2,17,20)(H,18,19). The molecule has 8 heteroatoms. The highest BCUT2D eigenvalue weighted by Gasteiger charge is 2.33. The first-order valence-corrected chi connectivity index (χ1v) is 7.17. The molecule has 2 rings (SSSR count). The van der Waals surface area contributed by atoms with Crippen molar-refractivity contribution in [3.63, 3.8) is 0 Å². The highest BCUT2D eigenvalue weighted by Crippen LogP contribution is 2.29. The Hall–Kier alpha value is -1.67. The van der Waals surface area contributed by atoms with Crippen molar-refractivity contribution in [2.75, 3.05) is 5.32 Å². The van der Waals surface area contributed by atoms with Gasteiger partial charge in [-0.15, -0.1) is 11.3 Å². The molecule has 0 bridgehead atoms. The molecule has 0 saturated heterocycles. The van der Waals surface area contributed by atoms with Gasteiger partial charge in [-0.2, -0.15) is 13.2 Å². The van der Waals surface area contributed by atoms with Gasteiger partial charge >= 0.3 is 6.18 Å². The second kappa shape index (κ2) is 5.98. The molecule has 21 heavy (non-hydrogen) atoms. The Morgan fingerprint density at radius 3 is 2.57 bits per heavy atom. The second-order valence-corrected chi connectivity index (χ2v) is 6.13. The number of nitrogens with two attached hydrogens (primary N) is 1. The third-order valence-electron chi connectivity index (χ3n) is 2.68. The van der Waals surface area contributed by atoms with Gasteiger partial charge in [0.05, 0.1) is 12.1 Å². The van der Waals surface area contributed by atoms with E-state index in [0.717, 1.165) is 15.8 Å². The molecule has 0 spiro atoms. The summed E-state index contributed by atoms with van der Waals surface area (Å²) in [5.41, 5.74) is 4.84. The molecule has 0 saturated carbocycles. The number of rotatable bonds is 4. The lowest BCUT2D eigenvalue weighted by molar-refractivity contribution is -0.141. The van der Waals surface area contributed by atoms with E-state index in [1.807, 2.05) is 19.1 Å². The zero-order chi connectivity index (χ0) is 15.6. The van der Waals surface area contributed by atoms with Gasteiger partial charge in [-0.25, -0.2) is 4.98 Å². The average molecular weight is 331 g/mol. The number of thiocarbonyl (C=S) groups is 1. The number of thiophene rings is 1. The van der Waals surface area contributed by atoms with Crippen LogP contribution in [0.15, 0.2) is 24.3 Å². The van der Waals surface area contributed by atoms with Crippen LogP contribution in [0.25, 0.3) is 0 Å². The SMILES string of the molecule is Cc1ccc(CNc2nc(C(F)(F)F)ccc2C(N)=S)s1. The van der Waals surface area contributed by atoms with Crippen LogP contribution in [0, 0.1) is 6.92 Å².